The van der Waals surface area contributed by atoms with Crippen molar-refractivity contribution in [2.45, 2.75) is 44.9 Å². The van der Waals surface area contributed by atoms with Crippen molar-refractivity contribution in [2.75, 3.05) is 11.9 Å². The molecular weight excluding hydrogens is 212 g/mol. The van der Waals surface area contributed by atoms with E-state index >= 15 is 0 Å². The zero-order chi connectivity index (χ0) is 11.7. The third-order valence-electron chi connectivity index (χ3n) is 3.95. The van der Waals surface area contributed by atoms with E-state index in [2.05, 4.69) is 41.2 Å². The van der Waals surface area contributed by atoms with Crippen molar-refractivity contribution >= 4 is 5.82 Å². The van der Waals surface area contributed by atoms with E-state index in [1.807, 2.05) is 0 Å². The Labute approximate surface area is 103 Å². The van der Waals surface area contributed by atoms with E-state index in [9.17, 15) is 0 Å². The van der Waals surface area contributed by atoms with Gasteiger partial charge in [0.1, 0.15) is 6.04 Å². The number of aromatic nitrogens is 1. The molecule has 3 heterocycles. The molecule has 1 N–H and O–H groups in total. The molecule has 0 aliphatic carbocycles. The fraction of sp³-hybridized carbons (Fsp3) is 0.643. The largest absolute Gasteiger partial charge is 0.339 e. The summed E-state index contributed by atoms with van der Waals surface area (Å²) in [6, 6.07) is 6.90. The average Bonchev–Trinajstić information content (AvgIpc) is 2.39. The van der Waals surface area contributed by atoms with E-state index in [4.69, 9.17) is 4.74 Å². The molecule has 0 saturated carbocycles. The minimum atomic E-state index is 0.248. The molecule has 17 heavy (non-hydrogen) atoms. The summed E-state index contributed by atoms with van der Waals surface area (Å²) in [7, 11) is 0. The van der Waals surface area contributed by atoms with Crippen molar-refractivity contribution in [1.29, 1.82) is 0 Å². The number of anilines is 1. The molecule has 0 spiro atoms. The molecule has 3 heteroatoms. The lowest BCUT2D eigenvalue weighted by atomic mass is 9.86. The zero-order valence-corrected chi connectivity index (χ0v) is 10.4. The monoisotopic (exact) mass is 233 g/mol. The van der Waals surface area contributed by atoms with Crippen LogP contribution >= 0.6 is 0 Å². The van der Waals surface area contributed by atoms with Gasteiger partial charge in [0.15, 0.2) is 0 Å². The second-order valence-electron chi connectivity index (χ2n) is 5.10. The van der Waals surface area contributed by atoms with E-state index in [-0.39, 0.29) is 6.23 Å². The van der Waals surface area contributed by atoms with Gasteiger partial charge in [-0.05, 0) is 25.3 Å². The zero-order valence-electron chi connectivity index (χ0n) is 10.4. The Kier molecular flexibility index (Phi) is 3.02. The van der Waals surface area contributed by atoms with Crippen LogP contribution in [-0.2, 0) is 4.74 Å². The van der Waals surface area contributed by atoms with Crippen molar-refractivity contribution in [3.63, 3.8) is 0 Å². The predicted octanol–water partition coefficient (Wildman–Crippen LogP) is 2.49. The first-order chi connectivity index (χ1) is 8.40. The number of hydrogen-bond acceptors (Lipinski definition) is 2. The van der Waals surface area contributed by atoms with Gasteiger partial charge >= 0.3 is 0 Å². The summed E-state index contributed by atoms with van der Waals surface area (Å²) in [5.41, 5.74) is 0. The lowest BCUT2D eigenvalue weighted by molar-refractivity contribution is -0.765. The van der Waals surface area contributed by atoms with Crippen molar-refractivity contribution in [3.8, 4) is 0 Å². The summed E-state index contributed by atoms with van der Waals surface area (Å²) in [5, 5.41) is 3.68. The first-order valence-corrected chi connectivity index (χ1v) is 6.78. The molecule has 0 radical (unpaired) electrons. The van der Waals surface area contributed by atoms with Crippen LogP contribution in [0.2, 0.25) is 0 Å². The molecule has 3 nitrogen and oxygen atoms in total. The molecule has 92 valence electrons. The SMILES string of the molecule is CCCC1Nc2cccc[n+]2C2OCCCC12. The molecule has 1 aromatic heterocycles. The number of rotatable bonds is 2. The summed E-state index contributed by atoms with van der Waals surface area (Å²) in [6.45, 7) is 3.16. The van der Waals surface area contributed by atoms with Gasteiger partial charge in [0.25, 0.3) is 5.82 Å². The maximum Gasteiger partial charge on any atom is 0.276 e. The van der Waals surface area contributed by atoms with Crippen molar-refractivity contribution in [1.82, 2.24) is 0 Å². The van der Waals surface area contributed by atoms with Gasteiger partial charge in [-0.3, -0.25) is 5.32 Å². The molecule has 0 amide bonds. The van der Waals surface area contributed by atoms with Gasteiger partial charge in [-0.1, -0.05) is 19.4 Å². The third kappa shape index (κ3) is 1.93. The van der Waals surface area contributed by atoms with Crippen molar-refractivity contribution in [2.24, 2.45) is 5.92 Å². The second kappa shape index (κ2) is 4.65. The van der Waals surface area contributed by atoms with Gasteiger partial charge in [0.05, 0.1) is 18.7 Å². The smallest absolute Gasteiger partial charge is 0.276 e. The lowest BCUT2D eigenvalue weighted by Crippen LogP contribution is -2.57. The number of fused-ring (bicyclic) bond motifs is 3. The maximum atomic E-state index is 6.01. The molecule has 0 aromatic carbocycles. The Morgan fingerprint density at radius 2 is 2.41 bits per heavy atom. The fourth-order valence-electron chi connectivity index (χ4n) is 3.17. The van der Waals surface area contributed by atoms with Crippen LogP contribution in [-0.4, -0.2) is 12.6 Å². The van der Waals surface area contributed by atoms with Gasteiger partial charge in [0, 0.05) is 6.07 Å². The van der Waals surface area contributed by atoms with Gasteiger partial charge in [-0.15, -0.1) is 0 Å². The number of pyridine rings is 1. The summed E-state index contributed by atoms with van der Waals surface area (Å²) in [4.78, 5) is 0. The minimum Gasteiger partial charge on any atom is -0.339 e. The lowest BCUT2D eigenvalue weighted by Gasteiger charge is -2.38. The average molecular weight is 233 g/mol. The van der Waals surface area contributed by atoms with Crippen LogP contribution in [0.25, 0.3) is 0 Å². The summed E-state index contributed by atoms with van der Waals surface area (Å²) < 4.78 is 8.27. The number of ether oxygens (including phenoxy) is 1. The number of hydrogen-bond donors (Lipinski definition) is 1. The van der Waals surface area contributed by atoms with Gasteiger partial charge < -0.3 is 4.74 Å². The van der Waals surface area contributed by atoms with E-state index in [0.29, 0.717) is 12.0 Å². The summed E-state index contributed by atoms with van der Waals surface area (Å²) in [6.07, 6.45) is 7.33. The molecule has 3 rings (SSSR count). The molecule has 3 atom stereocenters. The molecule has 0 bridgehead atoms. The Hall–Kier alpha value is -1.09. The maximum absolute atomic E-state index is 6.01. The highest BCUT2D eigenvalue weighted by Crippen LogP contribution is 2.35. The summed E-state index contributed by atoms with van der Waals surface area (Å²) >= 11 is 0. The fourth-order valence-corrected chi connectivity index (χ4v) is 3.17. The van der Waals surface area contributed by atoms with E-state index in [1.165, 1.54) is 31.5 Å². The number of nitrogens with zero attached hydrogens (tertiary/aromatic N) is 1. The van der Waals surface area contributed by atoms with Crippen molar-refractivity contribution < 1.29 is 9.30 Å². The van der Waals surface area contributed by atoms with Crippen molar-refractivity contribution in [3.05, 3.63) is 24.4 Å². The third-order valence-corrected chi connectivity index (χ3v) is 3.95. The standard InChI is InChI=1S/C14H20N2O/c1-2-6-12-11-7-5-10-17-14(11)16-9-4-3-8-13(16)15-12/h3-4,8-9,11-12,14H,2,5-7,10H2,1H3/p+1. The highest BCUT2D eigenvalue weighted by molar-refractivity contribution is 5.31. The summed E-state index contributed by atoms with van der Waals surface area (Å²) in [5.74, 6) is 1.83. The molecule has 1 aromatic rings. The molecule has 1 saturated heterocycles. The Morgan fingerprint density at radius 1 is 1.47 bits per heavy atom. The van der Waals surface area contributed by atoms with Crippen LogP contribution in [0.15, 0.2) is 24.4 Å². The van der Waals surface area contributed by atoms with Crippen LogP contribution in [0.1, 0.15) is 38.8 Å². The quantitative estimate of drug-likeness (QED) is 0.794. The first kappa shape index (κ1) is 11.0. The van der Waals surface area contributed by atoms with E-state index < -0.39 is 0 Å². The Morgan fingerprint density at radius 3 is 3.29 bits per heavy atom. The highest BCUT2D eigenvalue weighted by Gasteiger charge is 2.43. The van der Waals surface area contributed by atoms with Gasteiger partial charge in [-0.25, -0.2) is 4.57 Å². The first-order valence-electron chi connectivity index (χ1n) is 6.78. The highest BCUT2D eigenvalue weighted by atomic mass is 16.5. The van der Waals surface area contributed by atoms with Crippen LogP contribution in [0.4, 0.5) is 5.82 Å². The molecule has 2 aliphatic rings. The molecule has 2 aliphatic heterocycles. The Balaban J connectivity index is 1.94. The van der Waals surface area contributed by atoms with Crippen LogP contribution in [0, 0.1) is 5.92 Å². The molecule has 1 fully saturated rings. The van der Waals surface area contributed by atoms with E-state index in [1.54, 1.807) is 0 Å². The van der Waals surface area contributed by atoms with Crippen LogP contribution < -0.4 is 9.88 Å². The second-order valence-corrected chi connectivity index (χ2v) is 5.10. The predicted molar refractivity (Wildman–Crippen MR) is 66.7 cm³/mol. The van der Waals surface area contributed by atoms with Crippen LogP contribution in [0.3, 0.4) is 0 Å². The normalized spacial score (nSPS) is 31.2. The Bertz CT molecular complexity index is 394. The number of nitrogens with one attached hydrogen (secondary N) is 1. The van der Waals surface area contributed by atoms with Gasteiger partial charge in [-0.2, -0.15) is 0 Å². The van der Waals surface area contributed by atoms with Crippen LogP contribution in [0.5, 0.6) is 0 Å². The molecule has 3 unspecified atom stereocenters. The van der Waals surface area contributed by atoms with Gasteiger partial charge in [0.2, 0.25) is 6.23 Å². The van der Waals surface area contributed by atoms with E-state index in [0.717, 1.165) is 6.61 Å². The topological polar surface area (TPSA) is 25.1 Å². The minimum absolute atomic E-state index is 0.248. The molecular formula is C14H21N2O+.